The predicted molar refractivity (Wildman–Crippen MR) is 123 cm³/mol. The van der Waals surface area contributed by atoms with E-state index in [9.17, 15) is 9.59 Å². The average molecular weight is 458 g/mol. The van der Waals surface area contributed by atoms with Gasteiger partial charge in [0.05, 0.1) is 10.6 Å². The quantitative estimate of drug-likeness (QED) is 0.315. The minimum absolute atomic E-state index is 0.101. The lowest BCUT2D eigenvalue weighted by Crippen LogP contribution is -2.31. The summed E-state index contributed by atoms with van der Waals surface area (Å²) in [5.74, 6) is 1.26. The van der Waals surface area contributed by atoms with Crippen molar-refractivity contribution in [1.29, 1.82) is 0 Å². The first-order valence-electron chi connectivity index (χ1n) is 9.97. The molecule has 4 rings (SSSR count). The first-order valence-corrected chi connectivity index (χ1v) is 11.7. The number of benzene rings is 1. The van der Waals surface area contributed by atoms with Gasteiger partial charge in [0.1, 0.15) is 4.83 Å². The number of fused-ring (bicyclic) bond motifs is 2. The SMILES string of the molecule is C=CCn1c(S[C@H](C)C(=O)NCc2ccc3c(c2)OCO3)nc2sc(CC)cc2c1=O. The van der Waals surface area contributed by atoms with Crippen LogP contribution in [-0.2, 0) is 24.3 Å². The van der Waals surface area contributed by atoms with Crippen molar-refractivity contribution in [2.24, 2.45) is 0 Å². The lowest BCUT2D eigenvalue weighted by molar-refractivity contribution is -0.120. The molecule has 1 aliphatic heterocycles. The molecule has 0 unspecified atom stereocenters. The van der Waals surface area contributed by atoms with E-state index < -0.39 is 5.25 Å². The largest absolute Gasteiger partial charge is 0.454 e. The van der Waals surface area contributed by atoms with Crippen LogP contribution in [0, 0.1) is 0 Å². The third-order valence-electron chi connectivity index (χ3n) is 4.88. The number of carbonyl (C=O) groups excluding carboxylic acids is 1. The Morgan fingerprint density at radius 2 is 2.19 bits per heavy atom. The number of hydrogen-bond acceptors (Lipinski definition) is 7. The Bertz CT molecular complexity index is 1200. The van der Waals surface area contributed by atoms with Gasteiger partial charge in [-0.3, -0.25) is 14.2 Å². The standard InChI is InChI=1S/C22H23N3O4S2/c1-4-8-25-21(27)16-10-15(5-2)31-20(16)24-22(25)30-13(3)19(26)23-11-14-6-7-17-18(9-14)29-12-28-17/h4,6-7,9-10,13H,1,5,8,11-12H2,2-3H3,(H,23,26)/t13-/m1/s1. The second kappa shape index (κ2) is 9.15. The van der Waals surface area contributed by atoms with Gasteiger partial charge in [0.2, 0.25) is 12.7 Å². The van der Waals surface area contributed by atoms with Gasteiger partial charge >= 0.3 is 0 Å². The average Bonchev–Trinajstić information content (AvgIpc) is 3.40. The molecule has 0 bridgehead atoms. The number of amides is 1. The molecule has 0 saturated heterocycles. The molecule has 1 atom stereocenters. The molecule has 31 heavy (non-hydrogen) atoms. The molecule has 0 radical (unpaired) electrons. The van der Waals surface area contributed by atoms with Crippen LogP contribution in [0.5, 0.6) is 11.5 Å². The molecule has 2 aromatic heterocycles. The Balaban J connectivity index is 1.49. The maximum absolute atomic E-state index is 13.0. The molecule has 162 valence electrons. The van der Waals surface area contributed by atoms with Crippen LogP contribution in [0.15, 0.2) is 46.9 Å². The molecule has 0 saturated carbocycles. The summed E-state index contributed by atoms with van der Waals surface area (Å²) in [7, 11) is 0. The van der Waals surface area contributed by atoms with Gasteiger partial charge < -0.3 is 14.8 Å². The minimum atomic E-state index is -0.431. The van der Waals surface area contributed by atoms with E-state index in [1.165, 1.54) is 23.1 Å². The molecule has 0 spiro atoms. The summed E-state index contributed by atoms with van der Waals surface area (Å²) < 4.78 is 12.3. The third kappa shape index (κ3) is 4.47. The van der Waals surface area contributed by atoms with E-state index in [2.05, 4.69) is 23.8 Å². The van der Waals surface area contributed by atoms with E-state index in [0.717, 1.165) is 16.9 Å². The summed E-state index contributed by atoms with van der Waals surface area (Å²) in [4.78, 5) is 32.2. The van der Waals surface area contributed by atoms with Crippen LogP contribution >= 0.6 is 23.1 Å². The van der Waals surface area contributed by atoms with Gasteiger partial charge in [0.15, 0.2) is 16.7 Å². The number of nitrogens with zero attached hydrogens (tertiary/aromatic N) is 2. The van der Waals surface area contributed by atoms with Crippen molar-refractivity contribution >= 4 is 39.2 Å². The first-order chi connectivity index (χ1) is 15.0. The third-order valence-corrected chi connectivity index (χ3v) is 7.15. The van der Waals surface area contributed by atoms with E-state index >= 15 is 0 Å². The Kier molecular flexibility index (Phi) is 6.33. The molecular weight excluding hydrogens is 434 g/mol. The van der Waals surface area contributed by atoms with Crippen molar-refractivity contribution in [2.45, 2.75) is 43.8 Å². The Morgan fingerprint density at radius 1 is 1.39 bits per heavy atom. The van der Waals surface area contributed by atoms with Crippen LogP contribution in [-0.4, -0.2) is 27.5 Å². The summed E-state index contributed by atoms with van der Waals surface area (Å²) in [5.41, 5.74) is 0.819. The van der Waals surface area contributed by atoms with Gasteiger partial charge in [-0.25, -0.2) is 4.98 Å². The highest BCUT2D eigenvalue weighted by Gasteiger charge is 2.20. The summed E-state index contributed by atoms with van der Waals surface area (Å²) in [6.45, 7) is 8.53. The zero-order valence-corrected chi connectivity index (χ0v) is 19.0. The maximum atomic E-state index is 13.0. The molecule has 7 nitrogen and oxygen atoms in total. The highest BCUT2D eigenvalue weighted by Crippen LogP contribution is 2.32. The normalized spacial score (nSPS) is 13.4. The summed E-state index contributed by atoms with van der Waals surface area (Å²) >= 11 is 2.79. The Morgan fingerprint density at radius 3 is 2.97 bits per heavy atom. The van der Waals surface area contributed by atoms with Gasteiger partial charge in [-0.2, -0.15) is 0 Å². The zero-order valence-electron chi connectivity index (χ0n) is 17.3. The fraction of sp³-hybridized carbons (Fsp3) is 0.318. The van der Waals surface area contributed by atoms with Crippen molar-refractivity contribution in [3.8, 4) is 11.5 Å². The summed E-state index contributed by atoms with van der Waals surface area (Å²) in [6, 6.07) is 7.50. The van der Waals surface area contributed by atoms with Gasteiger partial charge in [-0.15, -0.1) is 17.9 Å². The van der Waals surface area contributed by atoms with Crippen LogP contribution in [0.4, 0.5) is 0 Å². The highest BCUT2D eigenvalue weighted by atomic mass is 32.2. The van der Waals surface area contributed by atoms with E-state index in [1.807, 2.05) is 24.3 Å². The minimum Gasteiger partial charge on any atom is -0.454 e. The van der Waals surface area contributed by atoms with Crippen molar-refractivity contribution in [2.75, 3.05) is 6.79 Å². The molecule has 1 aliphatic rings. The number of aromatic nitrogens is 2. The lowest BCUT2D eigenvalue weighted by Gasteiger charge is -2.15. The fourth-order valence-electron chi connectivity index (χ4n) is 3.20. The number of thiophene rings is 1. The number of allylic oxidation sites excluding steroid dienone is 1. The van der Waals surface area contributed by atoms with Gasteiger partial charge in [-0.05, 0) is 37.1 Å². The fourth-order valence-corrected chi connectivity index (χ4v) is 5.15. The van der Waals surface area contributed by atoms with Crippen LogP contribution in [0.1, 0.15) is 24.3 Å². The summed E-state index contributed by atoms with van der Waals surface area (Å²) in [5, 5.41) is 3.65. The molecule has 0 fully saturated rings. The van der Waals surface area contributed by atoms with Crippen molar-refractivity contribution in [3.63, 3.8) is 0 Å². The molecule has 3 aromatic rings. The monoisotopic (exact) mass is 457 g/mol. The zero-order chi connectivity index (χ0) is 22.0. The van der Waals surface area contributed by atoms with Crippen LogP contribution in [0.2, 0.25) is 0 Å². The van der Waals surface area contributed by atoms with Gasteiger partial charge in [0.25, 0.3) is 5.56 Å². The summed E-state index contributed by atoms with van der Waals surface area (Å²) in [6.07, 6.45) is 2.51. The number of rotatable bonds is 8. The lowest BCUT2D eigenvalue weighted by atomic mass is 10.2. The van der Waals surface area contributed by atoms with Crippen molar-refractivity contribution < 1.29 is 14.3 Å². The number of ether oxygens (including phenoxy) is 2. The number of thioether (sulfide) groups is 1. The molecule has 1 N–H and O–H groups in total. The Labute approximate surface area is 188 Å². The Hall–Kier alpha value is -2.78. The van der Waals surface area contributed by atoms with Gasteiger partial charge in [0, 0.05) is 18.0 Å². The maximum Gasteiger partial charge on any atom is 0.263 e. The number of nitrogens with one attached hydrogen (secondary N) is 1. The molecule has 1 aromatic carbocycles. The molecule has 3 heterocycles. The van der Waals surface area contributed by atoms with Crippen LogP contribution in [0.25, 0.3) is 10.2 Å². The number of carbonyl (C=O) groups is 1. The number of hydrogen-bond donors (Lipinski definition) is 1. The molecule has 1 amide bonds. The van der Waals surface area contributed by atoms with Crippen LogP contribution < -0.4 is 20.3 Å². The van der Waals surface area contributed by atoms with Crippen molar-refractivity contribution in [3.05, 3.63) is 57.7 Å². The van der Waals surface area contributed by atoms with E-state index in [-0.39, 0.29) is 18.3 Å². The van der Waals surface area contributed by atoms with Crippen LogP contribution in [0.3, 0.4) is 0 Å². The predicted octanol–water partition coefficient (Wildman–Crippen LogP) is 3.73. The van der Waals surface area contributed by atoms with E-state index in [4.69, 9.17) is 9.47 Å². The first kappa shape index (κ1) is 21.5. The highest BCUT2D eigenvalue weighted by molar-refractivity contribution is 8.00. The van der Waals surface area contributed by atoms with Crippen molar-refractivity contribution in [1.82, 2.24) is 14.9 Å². The smallest absolute Gasteiger partial charge is 0.263 e. The van der Waals surface area contributed by atoms with E-state index in [0.29, 0.717) is 40.0 Å². The van der Waals surface area contributed by atoms with E-state index in [1.54, 1.807) is 17.6 Å². The second-order valence-corrected chi connectivity index (χ2v) is 9.47. The molecule has 0 aliphatic carbocycles. The van der Waals surface area contributed by atoms with Gasteiger partial charge in [-0.1, -0.05) is 30.8 Å². The number of aryl methyl sites for hydroxylation is 1. The topological polar surface area (TPSA) is 82.5 Å². The molecule has 9 heteroatoms. The molecular formula is C22H23N3O4S2. The second-order valence-electron chi connectivity index (χ2n) is 7.05.